The van der Waals surface area contributed by atoms with E-state index in [-0.39, 0.29) is 0 Å². The summed E-state index contributed by atoms with van der Waals surface area (Å²) in [6.07, 6.45) is 2.47. The van der Waals surface area contributed by atoms with Gasteiger partial charge in [-0.15, -0.1) is 0 Å². The van der Waals surface area contributed by atoms with Crippen LogP contribution < -0.4 is 5.32 Å². The summed E-state index contributed by atoms with van der Waals surface area (Å²) < 4.78 is 0. The van der Waals surface area contributed by atoms with Gasteiger partial charge in [-0.05, 0) is 39.4 Å². The van der Waals surface area contributed by atoms with Gasteiger partial charge in [0.1, 0.15) is 5.82 Å². The predicted octanol–water partition coefficient (Wildman–Crippen LogP) is 3.13. The molecule has 0 aromatic carbocycles. The molecule has 0 aliphatic carbocycles. The van der Waals surface area contributed by atoms with E-state index in [0.717, 1.165) is 24.6 Å². The summed E-state index contributed by atoms with van der Waals surface area (Å²) in [7, 11) is 2.17. The highest BCUT2D eigenvalue weighted by molar-refractivity contribution is 5.34. The number of hydrogen-bond acceptors (Lipinski definition) is 3. The first-order chi connectivity index (χ1) is 8.17. The van der Waals surface area contributed by atoms with Crippen molar-refractivity contribution in [1.82, 2.24) is 9.88 Å². The largest absolute Gasteiger partial charge is 0.370 e. The van der Waals surface area contributed by atoms with Gasteiger partial charge in [-0.1, -0.05) is 19.4 Å². The third kappa shape index (κ3) is 4.73. The number of rotatable bonds is 7. The minimum Gasteiger partial charge on any atom is -0.370 e. The minimum atomic E-state index is 0.615. The molecule has 0 fully saturated rings. The molecule has 0 spiro atoms. The van der Waals surface area contributed by atoms with E-state index >= 15 is 0 Å². The topological polar surface area (TPSA) is 28.2 Å². The zero-order valence-electron chi connectivity index (χ0n) is 11.5. The zero-order chi connectivity index (χ0) is 12.7. The average molecular weight is 235 g/mol. The lowest BCUT2D eigenvalue weighted by Gasteiger charge is -2.24. The van der Waals surface area contributed by atoms with Crippen molar-refractivity contribution in [2.75, 3.05) is 18.9 Å². The Hall–Kier alpha value is -1.09. The minimum absolute atomic E-state index is 0.615. The molecule has 1 N–H and O–H groups in total. The van der Waals surface area contributed by atoms with Crippen LogP contribution in [-0.2, 0) is 6.54 Å². The van der Waals surface area contributed by atoms with Gasteiger partial charge in [-0.25, -0.2) is 4.98 Å². The van der Waals surface area contributed by atoms with Crippen LogP contribution in [0.1, 0.15) is 39.3 Å². The molecule has 0 aliphatic rings. The van der Waals surface area contributed by atoms with Crippen molar-refractivity contribution in [3.05, 3.63) is 23.9 Å². The summed E-state index contributed by atoms with van der Waals surface area (Å²) in [5.41, 5.74) is 1.13. The van der Waals surface area contributed by atoms with Crippen LogP contribution in [0.25, 0.3) is 0 Å². The molecule has 1 atom stereocenters. The number of hydrogen-bond donors (Lipinski definition) is 1. The molecule has 0 radical (unpaired) electrons. The molecule has 0 saturated heterocycles. The molecule has 3 heteroatoms. The first kappa shape index (κ1) is 14.0. The fraction of sp³-hybridized carbons (Fsp3) is 0.643. The van der Waals surface area contributed by atoms with Crippen molar-refractivity contribution in [2.45, 2.75) is 46.2 Å². The van der Waals surface area contributed by atoms with E-state index in [4.69, 9.17) is 0 Å². The van der Waals surface area contributed by atoms with E-state index in [1.54, 1.807) is 0 Å². The monoisotopic (exact) mass is 235 g/mol. The van der Waals surface area contributed by atoms with Crippen molar-refractivity contribution >= 4 is 5.82 Å². The van der Waals surface area contributed by atoms with Crippen LogP contribution in [0.3, 0.4) is 0 Å². The zero-order valence-corrected chi connectivity index (χ0v) is 11.5. The van der Waals surface area contributed by atoms with Crippen LogP contribution in [0.4, 0.5) is 5.82 Å². The Morgan fingerprint density at radius 1 is 1.35 bits per heavy atom. The predicted molar refractivity (Wildman–Crippen MR) is 74.2 cm³/mol. The molecule has 1 aromatic heterocycles. The van der Waals surface area contributed by atoms with Gasteiger partial charge < -0.3 is 5.32 Å². The molecule has 17 heavy (non-hydrogen) atoms. The summed E-state index contributed by atoms with van der Waals surface area (Å²) in [5, 5.41) is 3.25. The molecule has 0 bridgehead atoms. The van der Waals surface area contributed by atoms with Gasteiger partial charge >= 0.3 is 0 Å². The van der Waals surface area contributed by atoms with Crippen LogP contribution in [0, 0.1) is 0 Å². The van der Waals surface area contributed by atoms with Crippen molar-refractivity contribution in [1.29, 1.82) is 0 Å². The van der Waals surface area contributed by atoms with Gasteiger partial charge in [-0.2, -0.15) is 0 Å². The lowest BCUT2D eigenvalue weighted by molar-refractivity contribution is 0.234. The first-order valence-electron chi connectivity index (χ1n) is 6.57. The van der Waals surface area contributed by atoms with Gasteiger partial charge in [0.15, 0.2) is 0 Å². The highest BCUT2D eigenvalue weighted by Crippen LogP contribution is 2.10. The maximum atomic E-state index is 4.59. The Kier molecular flexibility index (Phi) is 5.98. The Morgan fingerprint density at radius 3 is 2.76 bits per heavy atom. The quantitative estimate of drug-likeness (QED) is 0.787. The van der Waals surface area contributed by atoms with Gasteiger partial charge in [0.25, 0.3) is 0 Å². The van der Waals surface area contributed by atoms with E-state index in [1.165, 1.54) is 12.8 Å². The molecule has 1 heterocycles. The Bertz CT molecular complexity index is 325. The Balaban J connectivity index is 2.58. The molecule has 1 rings (SSSR count). The maximum absolute atomic E-state index is 4.59. The fourth-order valence-electron chi connectivity index (χ4n) is 1.90. The van der Waals surface area contributed by atoms with E-state index in [9.17, 15) is 0 Å². The van der Waals surface area contributed by atoms with Crippen molar-refractivity contribution in [3.8, 4) is 0 Å². The molecule has 3 nitrogen and oxygen atoms in total. The second-order valence-corrected chi connectivity index (χ2v) is 4.60. The highest BCUT2D eigenvalue weighted by Gasteiger charge is 2.09. The van der Waals surface area contributed by atoms with Crippen molar-refractivity contribution in [2.24, 2.45) is 0 Å². The maximum Gasteiger partial charge on any atom is 0.126 e. The first-order valence-corrected chi connectivity index (χ1v) is 6.57. The Labute approximate surface area is 105 Å². The molecular weight excluding hydrogens is 210 g/mol. The van der Waals surface area contributed by atoms with Crippen LogP contribution in [0.2, 0.25) is 0 Å². The normalized spacial score (nSPS) is 12.8. The van der Waals surface area contributed by atoms with Gasteiger partial charge in [0, 0.05) is 19.1 Å². The van der Waals surface area contributed by atoms with Crippen LogP contribution in [0.15, 0.2) is 18.2 Å². The van der Waals surface area contributed by atoms with Crippen LogP contribution >= 0.6 is 0 Å². The summed E-state index contributed by atoms with van der Waals surface area (Å²) in [6, 6.07) is 6.79. The molecular formula is C14H25N3. The van der Waals surface area contributed by atoms with Crippen LogP contribution in [-0.4, -0.2) is 29.5 Å². The summed E-state index contributed by atoms with van der Waals surface area (Å²) in [6.45, 7) is 8.43. The number of nitrogens with zero attached hydrogens (tertiary/aromatic N) is 2. The van der Waals surface area contributed by atoms with Gasteiger partial charge in [-0.3, -0.25) is 4.90 Å². The summed E-state index contributed by atoms with van der Waals surface area (Å²) in [4.78, 5) is 6.95. The second kappa shape index (κ2) is 7.28. The lowest BCUT2D eigenvalue weighted by Crippen LogP contribution is -2.28. The smallest absolute Gasteiger partial charge is 0.126 e. The molecule has 1 aromatic rings. The van der Waals surface area contributed by atoms with E-state index in [1.807, 2.05) is 6.07 Å². The molecule has 0 aliphatic heterocycles. The summed E-state index contributed by atoms with van der Waals surface area (Å²) in [5.74, 6) is 0.974. The number of pyridine rings is 1. The molecule has 0 amide bonds. The van der Waals surface area contributed by atoms with E-state index in [0.29, 0.717) is 6.04 Å². The standard InChI is InChI=1S/C14H25N3/c1-5-8-12(3)17(4)11-13-9-7-10-14(16-13)15-6-2/h7,9-10,12H,5-6,8,11H2,1-4H3,(H,15,16). The van der Waals surface area contributed by atoms with Crippen LogP contribution in [0.5, 0.6) is 0 Å². The third-order valence-corrected chi connectivity index (χ3v) is 3.03. The van der Waals surface area contributed by atoms with E-state index in [2.05, 4.69) is 55.2 Å². The fourth-order valence-corrected chi connectivity index (χ4v) is 1.90. The van der Waals surface area contributed by atoms with E-state index < -0.39 is 0 Å². The molecule has 96 valence electrons. The SMILES string of the molecule is CCCC(C)N(C)Cc1cccc(NCC)n1. The van der Waals surface area contributed by atoms with Crippen molar-refractivity contribution < 1.29 is 0 Å². The number of aromatic nitrogens is 1. The average Bonchev–Trinajstić information content (AvgIpc) is 2.30. The molecule has 0 saturated carbocycles. The molecule has 1 unspecified atom stereocenters. The van der Waals surface area contributed by atoms with Crippen molar-refractivity contribution in [3.63, 3.8) is 0 Å². The number of nitrogens with one attached hydrogen (secondary N) is 1. The second-order valence-electron chi connectivity index (χ2n) is 4.60. The summed E-state index contributed by atoms with van der Waals surface area (Å²) >= 11 is 0. The van der Waals surface area contributed by atoms with Gasteiger partial charge in [0.2, 0.25) is 0 Å². The van der Waals surface area contributed by atoms with Gasteiger partial charge in [0.05, 0.1) is 5.69 Å². The third-order valence-electron chi connectivity index (χ3n) is 3.03. The highest BCUT2D eigenvalue weighted by atomic mass is 15.1. The Morgan fingerprint density at radius 2 is 2.12 bits per heavy atom. The number of anilines is 1. The lowest BCUT2D eigenvalue weighted by atomic mass is 10.1.